The quantitative estimate of drug-likeness (QED) is 0.784. The number of halogens is 3. The molecule has 1 aromatic rings. The fraction of sp³-hybridized carbons (Fsp3) is 0.455. The number of hydrogen-bond acceptors (Lipinski definition) is 2. The molecular formula is C11H11BrF2O2S. The molecule has 1 saturated heterocycles. The summed E-state index contributed by atoms with van der Waals surface area (Å²) in [5, 5.41) is 0. The molecule has 0 aromatic heterocycles. The summed E-state index contributed by atoms with van der Waals surface area (Å²) in [5.74, 6) is -1.09. The maximum absolute atomic E-state index is 13.5. The van der Waals surface area contributed by atoms with E-state index in [2.05, 4.69) is 15.9 Å². The van der Waals surface area contributed by atoms with Gasteiger partial charge in [-0.2, -0.15) is 0 Å². The largest absolute Gasteiger partial charge is 0.229 e. The molecule has 17 heavy (non-hydrogen) atoms. The Morgan fingerprint density at radius 2 is 2.06 bits per heavy atom. The van der Waals surface area contributed by atoms with E-state index in [1.807, 2.05) is 0 Å². The van der Waals surface area contributed by atoms with Gasteiger partial charge in [0.2, 0.25) is 0 Å². The minimum Gasteiger partial charge on any atom is -0.229 e. The van der Waals surface area contributed by atoms with Crippen LogP contribution in [0.25, 0.3) is 0 Å². The standard InChI is InChI=1S/C11H11BrF2O2S/c12-11(7-3-4-17(15,16)6-7)9-5-8(13)1-2-10(9)14/h1-2,5,7,11H,3-4,6H2. The molecule has 2 nitrogen and oxygen atoms in total. The number of rotatable bonds is 2. The molecular weight excluding hydrogens is 314 g/mol. The molecule has 1 fully saturated rings. The van der Waals surface area contributed by atoms with E-state index in [0.717, 1.165) is 18.2 Å². The van der Waals surface area contributed by atoms with Crippen molar-refractivity contribution in [2.24, 2.45) is 5.92 Å². The second-order valence-electron chi connectivity index (χ2n) is 4.23. The Labute approximate surface area is 107 Å². The molecule has 6 heteroatoms. The van der Waals surface area contributed by atoms with Crippen molar-refractivity contribution >= 4 is 25.8 Å². The van der Waals surface area contributed by atoms with E-state index in [1.54, 1.807) is 0 Å². The second-order valence-corrected chi connectivity index (χ2v) is 7.45. The van der Waals surface area contributed by atoms with E-state index in [0.29, 0.717) is 6.42 Å². The Hall–Kier alpha value is -0.490. The van der Waals surface area contributed by atoms with E-state index in [9.17, 15) is 17.2 Å². The Balaban J connectivity index is 2.26. The van der Waals surface area contributed by atoms with Crippen LogP contribution in [0.4, 0.5) is 8.78 Å². The number of benzene rings is 1. The summed E-state index contributed by atoms with van der Waals surface area (Å²) >= 11 is 3.28. The van der Waals surface area contributed by atoms with Crippen LogP contribution in [0.1, 0.15) is 16.8 Å². The van der Waals surface area contributed by atoms with Crippen molar-refractivity contribution in [2.75, 3.05) is 11.5 Å². The molecule has 0 spiro atoms. The lowest BCUT2D eigenvalue weighted by molar-refractivity contribution is 0.537. The van der Waals surface area contributed by atoms with Crippen molar-refractivity contribution in [1.82, 2.24) is 0 Å². The summed E-state index contributed by atoms with van der Waals surface area (Å²) in [6.07, 6.45) is 0.480. The van der Waals surface area contributed by atoms with Gasteiger partial charge in [0.25, 0.3) is 0 Å². The van der Waals surface area contributed by atoms with Crippen LogP contribution in [-0.2, 0) is 9.84 Å². The highest BCUT2D eigenvalue weighted by molar-refractivity contribution is 9.09. The van der Waals surface area contributed by atoms with Gasteiger partial charge in [-0.25, -0.2) is 17.2 Å². The molecule has 0 amide bonds. The van der Waals surface area contributed by atoms with Crippen molar-refractivity contribution in [2.45, 2.75) is 11.2 Å². The Bertz CT molecular complexity index is 530. The van der Waals surface area contributed by atoms with Gasteiger partial charge in [-0.1, -0.05) is 15.9 Å². The predicted molar refractivity (Wildman–Crippen MR) is 64.8 cm³/mol. The zero-order valence-electron chi connectivity index (χ0n) is 8.87. The highest BCUT2D eigenvalue weighted by Gasteiger charge is 2.34. The van der Waals surface area contributed by atoms with Crippen LogP contribution in [-0.4, -0.2) is 19.9 Å². The van der Waals surface area contributed by atoms with Crippen LogP contribution < -0.4 is 0 Å². The number of hydrogen-bond donors (Lipinski definition) is 0. The highest BCUT2D eigenvalue weighted by atomic mass is 79.9. The lowest BCUT2D eigenvalue weighted by Crippen LogP contribution is -2.11. The highest BCUT2D eigenvalue weighted by Crippen LogP contribution is 2.38. The third kappa shape index (κ3) is 2.85. The summed E-state index contributed by atoms with van der Waals surface area (Å²) in [7, 11) is -3.02. The van der Waals surface area contributed by atoms with Crippen LogP contribution in [0.2, 0.25) is 0 Å². The van der Waals surface area contributed by atoms with E-state index in [1.165, 1.54) is 0 Å². The third-order valence-electron chi connectivity index (χ3n) is 2.94. The zero-order chi connectivity index (χ0) is 12.6. The van der Waals surface area contributed by atoms with Gasteiger partial charge >= 0.3 is 0 Å². The number of alkyl halides is 1. The lowest BCUT2D eigenvalue weighted by atomic mass is 9.98. The molecule has 1 aliphatic heterocycles. The van der Waals surface area contributed by atoms with Crippen LogP contribution in [0, 0.1) is 17.6 Å². The van der Waals surface area contributed by atoms with E-state index in [4.69, 9.17) is 0 Å². The maximum Gasteiger partial charge on any atom is 0.150 e. The molecule has 1 heterocycles. The minimum absolute atomic E-state index is 0.0267. The van der Waals surface area contributed by atoms with Gasteiger partial charge in [0, 0.05) is 10.4 Å². The molecule has 0 aliphatic carbocycles. The van der Waals surface area contributed by atoms with Crippen LogP contribution in [0.3, 0.4) is 0 Å². The van der Waals surface area contributed by atoms with Gasteiger partial charge in [-0.05, 0) is 30.5 Å². The molecule has 2 unspecified atom stereocenters. The summed E-state index contributed by atoms with van der Waals surface area (Å²) in [6.45, 7) is 0. The molecule has 94 valence electrons. The first-order valence-corrected chi connectivity index (χ1v) is 7.92. The molecule has 0 saturated carbocycles. The molecule has 1 aliphatic rings. The van der Waals surface area contributed by atoms with E-state index >= 15 is 0 Å². The predicted octanol–water partition coefficient (Wildman–Crippen LogP) is 2.84. The second kappa shape index (κ2) is 4.65. The molecule has 0 bridgehead atoms. The first-order chi connectivity index (χ1) is 7.89. The first-order valence-electron chi connectivity index (χ1n) is 5.18. The molecule has 0 radical (unpaired) electrons. The summed E-state index contributed by atoms with van der Waals surface area (Å²) in [5.41, 5.74) is 0.187. The topological polar surface area (TPSA) is 34.1 Å². The first kappa shape index (κ1) is 13.0. The van der Waals surface area contributed by atoms with Gasteiger partial charge < -0.3 is 0 Å². The average molecular weight is 325 g/mol. The maximum atomic E-state index is 13.5. The SMILES string of the molecule is O=S1(=O)CCC(C(Br)c2cc(F)ccc2F)C1. The lowest BCUT2D eigenvalue weighted by Gasteiger charge is -2.17. The smallest absolute Gasteiger partial charge is 0.150 e. The fourth-order valence-corrected chi connectivity index (χ4v) is 4.92. The Morgan fingerprint density at radius 1 is 1.35 bits per heavy atom. The van der Waals surface area contributed by atoms with Crippen LogP contribution in [0.5, 0.6) is 0 Å². The molecule has 1 aromatic carbocycles. The van der Waals surface area contributed by atoms with Crippen LogP contribution in [0.15, 0.2) is 18.2 Å². The van der Waals surface area contributed by atoms with Gasteiger partial charge in [-0.15, -0.1) is 0 Å². The van der Waals surface area contributed by atoms with Crippen molar-refractivity contribution < 1.29 is 17.2 Å². The fourth-order valence-electron chi connectivity index (χ4n) is 2.03. The number of sulfone groups is 1. The third-order valence-corrected chi connectivity index (χ3v) is 5.97. The van der Waals surface area contributed by atoms with Crippen molar-refractivity contribution in [3.05, 3.63) is 35.4 Å². The minimum atomic E-state index is -3.02. The monoisotopic (exact) mass is 324 g/mol. The van der Waals surface area contributed by atoms with Gasteiger partial charge in [0.15, 0.2) is 9.84 Å². The molecule has 2 rings (SSSR count). The van der Waals surface area contributed by atoms with Gasteiger partial charge in [0.05, 0.1) is 11.5 Å². The van der Waals surface area contributed by atoms with Crippen LogP contribution >= 0.6 is 15.9 Å². The van der Waals surface area contributed by atoms with Gasteiger partial charge in [-0.3, -0.25) is 0 Å². The van der Waals surface area contributed by atoms with Gasteiger partial charge in [0.1, 0.15) is 11.6 Å². The summed E-state index contributed by atoms with van der Waals surface area (Å²) in [6, 6.07) is 3.21. The van der Waals surface area contributed by atoms with Crippen molar-refractivity contribution in [1.29, 1.82) is 0 Å². The average Bonchev–Trinajstić information content (AvgIpc) is 2.61. The Morgan fingerprint density at radius 3 is 2.65 bits per heavy atom. The Kier molecular flexibility index (Phi) is 3.54. The normalized spacial score (nSPS) is 24.8. The summed E-state index contributed by atoms with van der Waals surface area (Å²) < 4.78 is 49.2. The van der Waals surface area contributed by atoms with E-state index in [-0.39, 0.29) is 23.0 Å². The molecule has 0 N–H and O–H groups in total. The van der Waals surface area contributed by atoms with Crippen molar-refractivity contribution in [3.63, 3.8) is 0 Å². The zero-order valence-corrected chi connectivity index (χ0v) is 11.3. The molecule has 2 atom stereocenters. The van der Waals surface area contributed by atoms with E-state index < -0.39 is 26.3 Å². The van der Waals surface area contributed by atoms with Crippen molar-refractivity contribution in [3.8, 4) is 0 Å². The summed E-state index contributed by atoms with van der Waals surface area (Å²) in [4.78, 5) is -0.463.